The Bertz CT molecular complexity index is 959. The summed E-state index contributed by atoms with van der Waals surface area (Å²) in [6.07, 6.45) is 2.09. The molecule has 0 atom stereocenters. The number of thiazole rings is 1. The van der Waals surface area contributed by atoms with Gasteiger partial charge in [-0.2, -0.15) is 4.98 Å². The fraction of sp³-hybridized carbons (Fsp3) is 0.353. The lowest BCUT2D eigenvalue weighted by molar-refractivity contribution is -0.116. The zero-order valence-electron chi connectivity index (χ0n) is 14.7. The van der Waals surface area contributed by atoms with Gasteiger partial charge in [-0.1, -0.05) is 5.16 Å². The van der Waals surface area contributed by atoms with Crippen LogP contribution >= 0.6 is 11.3 Å². The van der Waals surface area contributed by atoms with Gasteiger partial charge in [-0.3, -0.25) is 9.59 Å². The molecule has 0 radical (unpaired) electrons. The smallest absolute Gasteiger partial charge is 0.262 e. The van der Waals surface area contributed by atoms with Crippen LogP contribution in [-0.4, -0.2) is 25.6 Å². The Morgan fingerprint density at radius 1 is 1.38 bits per heavy atom. The molecule has 0 saturated heterocycles. The molecular formula is C17H19N5O3S. The molecule has 0 aliphatic heterocycles. The third kappa shape index (κ3) is 3.88. The molecule has 3 aromatic rings. The molecule has 3 rings (SSSR count). The number of hydrogen-bond acceptors (Lipinski definition) is 7. The topological polar surface area (TPSA) is 103 Å². The molecule has 0 aliphatic rings. The Kier molecular flexibility index (Phi) is 5.27. The number of carbonyl (C=O) groups excluding carboxylic acids is 1. The van der Waals surface area contributed by atoms with Gasteiger partial charge in [0.05, 0.1) is 5.56 Å². The maximum Gasteiger partial charge on any atom is 0.262 e. The monoisotopic (exact) mass is 373 g/mol. The minimum atomic E-state index is -0.183. The number of anilines is 1. The highest BCUT2D eigenvalue weighted by atomic mass is 32.1. The molecular weight excluding hydrogens is 354 g/mol. The molecule has 3 heterocycles. The van der Waals surface area contributed by atoms with Gasteiger partial charge < -0.3 is 14.4 Å². The summed E-state index contributed by atoms with van der Waals surface area (Å²) in [5, 5.41) is 8.91. The normalized spacial score (nSPS) is 11.1. The van der Waals surface area contributed by atoms with E-state index in [1.54, 1.807) is 22.2 Å². The summed E-state index contributed by atoms with van der Waals surface area (Å²) in [6.45, 7) is 5.77. The number of carbonyl (C=O) groups is 1. The first-order valence-electron chi connectivity index (χ1n) is 8.20. The lowest BCUT2D eigenvalue weighted by Crippen LogP contribution is -2.25. The predicted molar refractivity (Wildman–Crippen MR) is 98.2 cm³/mol. The van der Waals surface area contributed by atoms with Crippen LogP contribution in [0.3, 0.4) is 0 Å². The Morgan fingerprint density at radius 3 is 2.88 bits per heavy atom. The van der Waals surface area contributed by atoms with E-state index in [9.17, 15) is 9.59 Å². The van der Waals surface area contributed by atoms with Crippen molar-refractivity contribution in [1.82, 2.24) is 19.7 Å². The van der Waals surface area contributed by atoms with E-state index in [2.05, 4.69) is 20.4 Å². The van der Waals surface area contributed by atoms with E-state index in [0.717, 1.165) is 5.69 Å². The summed E-state index contributed by atoms with van der Waals surface area (Å²) >= 11 is 1.35. The standard InChI is InChI=1S/C17H19N5O3S/c1-10(2)22-11(3)4-5-12(16(22)24)15-20-14(25-21-15)7-6-13(23)19-17-18-8-9-26-17/h4-5,8-10H,6-7H2,1-3H3,(H,18,19,23). The van der Waals surface area contributed by atoms with Crippen molar-refractivity contribution in [2.24, 2.45) is 0 Å². The molecule has 8 nitrogen and oxygen atoms in total. The second-order valence-electron chi connectivity index (χ2n) is 6.05. The van der Waals surface area contributed by atoms with Crippen molar-refractivity contribution in [2.75, 3.05) is 5.32 Å². The van der Waals surface area contributed by atoms with E-state index in [-0.39, 0.29) is 36.2 Å². The molecule has 0 saturated carbocycles. The summed E-state index contributed by atoms with van der Waals surface area (Å²) in [5.74, 6) is 0.363. The summed E-state index contributed by atoms with van der Waals surface area (Å²) in [7, 11) is 0. The molecule has 1 N–H and O–H groups in total. The largest absolute Gasteiger partial charge is 0.339 e. The number of rotatable bonds is 6. The second-order valence-corrected chi connectivity index (χ2v) is 6.95. The fourth-order valence-corrected chi connectivity index (χ4v) is 3.16. The lowest BCUT2D eigenvalue weighted by Gasteiger charge is -2.14. The third-order valence-electron chi connectivity index (χ3n) is 3.79. The predicted octanol–water partition coefficient (Wildman–Crippen LogP) is 2.82. The zero-order chi connectivity index (χ0) is 18.7. The lowest BCUT2D eigenvalue weighted by atomic mass is 10.2. The van der Waals surface area contributed by atoms with Gasteiger partial charge in [0.2, 0.25) is 17.6 Å². The molecule has 26 heavy (non-hydrogen) atoms. The first kappa shape index (κ1) is 18.0. The van der Waals surface area contributed by atoms with E-state index in [1.165, 1.54) is 11.3 Å². The molecule has 0 aromatic carbocycles. The summed E-state index contributed by atoms with van der Waals surface area (Å²) in [6, 6.07) is 3.58. The minimum Gasteiger partial charge on any atom is -0.339 e. The second kappa shape index (κ2) is 7.61. The van der Waals surface area contributed by atoms with Crippen LogP contribution in [0, 0.1) is 6.92 Å². The molecule has 0 unspecified atom stereocenters. The van der Waals surface area contributed by atoms with Crippen molar-refractivity contribution in [1.29, 1.82) is 0 Å². The SMILES string of the molecule is Cc1ccc(-c2noc(CCC(=O)Nc3nccs3)n2)c(=O)n1C(C)C. The van der Waals surface area contributed by atoms with E-state index in [0.29, 0.717) is 16.6 Å². The Hall–Kier alpha value is -2.81. The van der Waals surface area contributed by atoms with E-state index >= 15 is 0 Å². The van der Waals surface area contributed by atoms with E-state index in [4.69, 9.17) is 4.52 Å². The maximum atomic E-state index is 12.7. The number of amides is 1. The number of aromatic nitrogens is 4. The van der Waals surface area contributed by atoms with Crippen LogP contribution < -0.4 is 10.9 Å². The van der Waals surface area contributed by atoms with Gasteiger partial charge in [0.1, 0.15) is 0 Å². The van der Waals surface area contributed by atoms with Crippen LogP contribution in [0.2, 0.25) is 0 Å². The van der Waals surface area contributed by atoms with Crippen LogP contribution in [0.4, 0.5) is 5.13 Å². The summed E-state index contributed by atoms with van der Waals surface area (Å²) in [5.41, 5.74) is 1.09. The Morgan fingerprint density at radius 2 is 2.19 bits per heavy atom. The quantitative estimate of drug-likeness (QED) is 0.713. The van der Waals surface area contributed by atoms with E-state index < -0.39 is 0 Å². The van der Waals surface area contributed by atoms with Crippen molar-refractivity contribution < 1.29 is 9.32 Å². The van der Waals surface area contributed by atoms with Crippen LogP contribution in [-0.2, 0) is 11.2 Å². The van der Waals surface area contributed by atoms with Crippen molar-refractivity contribution in [3.05, 3.63) is 45.6 Å². The average molecular weight is 373 g/mol. The summed E-state index contributed by atoms with van der Waals surface area (Å²) < 4.78 is 6.88. The van der Waals surface area contributed by atoms with Crippen molar-refractivity contribution >= 4 is 22.4 Å². The Balaban J connectivity index is 1.71. The highest BCUT2D eigenvalue weighted by molar-refractivity contribution is 7.13. The summed E-state index contributed by atoms with van der Waals surface area (Å²) in [4.78, 5) is 32.8. The van der Waals surface area contributed by atoms with Crippen LogP contribution in [0.1, 0.15) is 37.9 Å². The Labute approximate surface area is 153 Å². The first-order valence-corrected chi connectivity index (χ1v) is 9.08. The van der Waals surface area contributed by atoms with Crippen LogP contribution in [0.25, 0.3) is 11.4 Å². The number of nitrogens with zero attached hydrogens (tertiary/aromatic N) is 4. The molecule has 1 amide bonds. The van der Waals surface area contributed by atoms with Gasteiger partial charge in [0, 0.05) is 36.2 Å². The van der Waals surface area contributed by atoms with Gasteiger partial charge >= 0.3 is 0 Å². The number of nitrogens with one attached hydrogen (secondary N) is 1. The third-order valence-corrected chi connectivity index (χ3v) is 4.48. The first-order chi connectivity index (χ1) is 12.5. The molecule has 3 aromatic heterocycles. The van der Waals surface area contributed by atoms with Gasteiger partial charge in [-0.25, -0.2) is 4.98 Å². The van der Waals surface area contributed by atoms with Gasteiger partial charge in [-0.05, 0) is 32.9 Å². The number of hydrogen-bond donors (Lipinski definition) is 1. The molecule has 0 spiro atoms. The van der Waals surface area contributed by atoms with Crippen LogP contribution in [0.15, 0.2) is 33.0 Å². The fourth-order valence-electron chi connectivity index (χ4n) is 2.61. The molecule has 0 fully saturated rings. The minimum absolute atomic E-state index is 0.0309. The van der Waals surface area contributed by atoms with Crippen molar-refractivity contribution in [3.8, 4) is 11.4 Å². The van der Waals surface area contributed by atoms with Crippen LogP contribution in [0.5, 0.6) is 0 Å². The number of aryl methyl sites for hydroxylation is 2. The van der Waals surface area contributed by atoms with Gasteiger partial charge in [-0.15, -0.1) is 11.3 Å². The van der Waals surface area contributed by atoms with E-state index in [1.807, 2.05) is 26.8 Å². The zero-order valence-corrected chi connectivity index (χ0v) is 15.5. The molecule has 136 valence electrons. The number of pyridine rings is 1. The highest BCUT2D eigenvalue weighted by Crippen LogP contribution is 2.16. The van der Waals surface area contributed by atoms with Crippen molar-refractivity contribution in [2.45, 2.75) is 39.7 Å². The molecule has 9 heteroatoms. The average Bonchev–Trinajstić information content (AvgIpc) is 3.24. The highest BCUT2D eigenvalue weighted by Gasteiger charge is 2.16. The molecule has 0 aliphatic carbocycles. The van der Waals surface area contributed by atoms with Gasteiger partial charge in [0.25, 0.3) is 5.56 Å². The molecule has 0 bridgehead atoms. The van der Waals surface area contributed by atoms with Gasteiger partial charge in [0.15, 0.2) is 5.13 Å². The maximum absolute atomic E-state index is 12.7. The van der Waals surface area contributed by atoms with Crippen molar-refractivity contribution in [3.63, 3.8) is 0 Å².